The molecule has 4 aromatic rings. The number of nitrogens with two attached hydrogens (primary N) is 1. The van der Waals surface area contributed by atoms with E-state index in [9.17, 15) is 9.59 Å². The second-order valence-electron chi connectivity index (χ2n) is 10.6. The van der Waals surface area contributed by atoms with Crippen LogP contribution in [-0.4, -0.2) is 79.1 Å². The van der Waals surface area contributed by atoms with Gasteiger partial charge in [0.1, 0.15) is 17.8 Å². The zero-order valence-electron chi connectivity index (χ0n) is 23.2. The van der Waals surface area contributed by atoms with E-state index in [0.29, 0.717) is 52.4 Å². The van der Waals surface area contributed by atoms with Gasteiger partial charge in [-0.2, -0.15) is 5.10 Å². The summed E-state index contributed by atoms with van der Waals surface area (Å²) < 4.78 is 1.87. The molecule has 0 unspecified atom stereocenters. The van der Waals surface area contributed by atoms with Gasteiger partial charge >= 0.3 is 0 Å². The summed E-state index contributed by atoms with van der Waals surface area (Å²) in [5, 5.41) is 9.02. The first-order valence-corrected chi connectivity index (χ1v) is 14.7. The number of benzene rings is 1. The molecule has 2 fully saturated rings. The van der Waals surface area contributed by atoms with Crippen LogP contribution in [0.1, 0.15) is 47.5 Å². The van der Waals surface area contributed by atoms with E-state index in [1.54, 1.807) is 24.4 Å². The summed E-state index contributed by atoms with van der Waals surface area (Å²) in [6, 6.07) is 7.83. The van der Waals surface area contributed by atoms with Crippen LogP contribution < -0.4 is 11.1 Å². The number of rotatable bonds is 9. The summed E-state index contributed by atoms with van der Waals surface area (Å²) in [6.07, 6.45) is 11.0. The first kappa shape index (κ1) is 27.0. The SMILES string of the molecule is CCc1cnc(NC(=O)c2ccc(-c3nn([C@@H]4CCN(C(=O)C=CCN(C)C5CC5)C4)c4ncnc(N)c34)cc2)s1. The van der Waals surface area contributed by atoms with Crippen LogP contribution in [0.15, 0.2) is 48.9 Å². The molecule has 212 valence electrons. The Morgan fingerprint density at radius 3 is 2.71 bits per heavy atom. The molecule has 1 saturated heterocycles. The van der Waals surface area contributed by atoms with Crippen LogP contribution in [0.4, 0.5) is 10.9 Å². The first-order chi connectivity index (χ1) is 19.9. The Kier molecular flexibility index (Phi) is 7.50. The number of nitrogens with zero attached hydrogens (tertiary/aromatic N) is 7. The standard InChI is InChI=1S/C29H33N9O2S/c1-3-22-15-31-29(41-22)34-28(40)19-8-6-18(7-9-19)25-24-26(30)32-17-33-27(24)38(35-25)21-12-14-37(16-21)23(39)5-4-13-36(2)20-10-11-20/h4-9,15,17,20-21H,3,10-14,16H2,1-2H3,(H2,30,32,33)(H,31,34,40)/t21-/m1/s1. The second kappa shape index (κ2) is 11.4. The molecule has 41 heavy (non-hydrogen) atoms. The Balaban J connectivity index is 1.19. The van der Waals surface area contributed by atoms with Gasteiger partial charge in [-0.1, -0.05) is 25.1 Å². The number of likely N-dealkylation sites (N-methyl/N-ethyl adjacent to an activating group) is 1. The lowest BCUT2D eigenvalue weighted by Gasteiger charge is -2.16. The van der Waals surface area contributed by atoms with Crippen LogP contribution in [0.5, 0.6) is 0 Å². The van der Waals surface area contributed by atoms with Gasteiger partial charge in [-0.25, -0.2) is 19.6 Å². The Labute approximate surface area is 242 Å². The molecular formula is C29H33N9O2S. The van der Waals surface area contributed by atoms with Crippen molar-refractivity contribution in [3.63, 3.8) is 0 Å². The summed E-state index contributed by atoms with van der Waals surface area (Å²) in [7, 11) is 2.10. The number of thiazole rings is 1. The molecule has 0 radical (unpaired) electrons. The van der Waals surface area contributed by atoms with Gasteiger partial charge in [0.25, 0.3) is 5.91 Å². The Bertz CT molecular complexity index is 1610. The summed E-state index contributed by atoms with van der Waals surface area (Å²) in [5.41, 5.74) is 8.89. The van der Waals surface area contributed by atoms with E-state index in [-0.39, 0.29) is 17.9 Å². The molecule has 4 heterocycles. The summed E-state index contributed by atoms with van der Waals surface area (Å²) in [4.78, 5) is 43.9. The van der Waals surface area contributed by atoms with Gasteiger partial charge in [0.15, 0.2) is 10.8 Å². The molecule has 1 aliphatic heterocycles. The van der Waals surface area contributed by atoms with Crippen LogP contribution >= 0.6 is 11.3 Å². The van der Waals surface area contributed by atoms with E-state index >= 15 is 0 Å². The van der Waals surface area contributed by atoms with Crippen molar-refractivity contribution in [1.29, 1.82) is 0 Å². The summed E-state index contributed by atoms with van der Waals surface area (Å²) in [6.45, 7) is 4.02. The van der Waals surface area contributed by atoms with Gasteiger partial charge in [0, 0.05) is 54.0 Å². The molecule has 0 bridgehead atoms. The smallest absolute Gasteiger partial charge is 0.257 e. The molecule has 6 rings (SSSR count). The quantitative estimate of drug-likeness (QED) is 0.290. The minimum atomic E-state index is -0.226. The number of amides is 2. The number of hydrogen-bond donors (Lipinski definition) is 2. The van der Waals surface area contributed by atoms with Crippen molar-refractivity contribution < 1.29 is 9.59 Å². The van der Waals surface area contributed by atoms with Gasteiger partial charge in [-0.05, 0) is 44.9 Å². The molecule has 1 aromatic carbocycles. The molecule has 2 amide bonds. The van der Waals surface area contributed by atoms with Crippen LogP contribution in [-0.2, 0) is 11.2 Å². The number of hydrogen-bond acceptors (Lipinski definition) is 9. The number of likely N-dealkylation sites (tertiary alicyclic amines) is 1. The van der Waals surface area contributed by atoms with Gasteiger partial charge in [0.05, 0.1) is 11.4 Å². The fourth-order valence-corrected chi connectivity index (χ4v) is 5.91. The maximum absolute atomic E-state index is 12.9. The average molecular weight is 572 g/mol. The van der Waals surface area contributed by atoms with Crippen molar-refractivity contribution in [1.82, 2.24) is 34.5 Å². The Morgan fingerprint density at radius 1 is 1.17 bits per heavy atom. The van der Waals surface area contributed by atoms with Crippen LogP contribution in [0.25, 0.3) is 22.3 Å². The topological polar surface area (TPSA) is 135 Å². The maximum Gasteiger partial charge on any atom is 0.257 e. The summed E-state index contributed by atoms with van der Waals surface area (Å²) in [5.74, 6) is 0.123. The fourth-order valence-electron chi connectivity index (χ4n) is 5.16. The summed E-state index contributed by atoms with van der Waals surface area (Å²) >= 11 is 1.47. The Morgan fingerprint density at radius 2 is 1.98 bits per heavy atom. The molecule has 3 N–H and O–H groups in total. The third kappa shape index (κ3) is 5.70. The zero-order valence-corrected chi connectivity index (χ0v) is 24.0. The number of anilines is 2. The van der Waals surface area contributed by atoms with E-state index in [4.69, 9.17) is 10.8 Å². The number of nitrogen functional groups attached to an aromatic ring is 1. The highest BCUT2D eigenvalue weighted by Gasteiger charge is 2.30. The number of aromatic nitrogens is 5. The van der Waals surface area contributed by atoms with Crippen molar-refractivity contribution in [2.24, 2.45) is 0 Å². The molecule has 11 nitrogen and oxygen atoms in total. The highest BCUT2D eigenvalue weighted by atomic mass is 32.1. The molecule has 3 aromatic heterocycles. The monoisotopic (exact) mass is 571 g/mol. The van der Waals surface area contributed by atoms with Crippen molar-refractivity contribution in [3.8, 4) is 11.3 Å². The normalized spacial score (nSPS) is 17.2. The number of fused-ring (bicyclic) bond motifs is 1. The average Bonchev–Trinajstić information content (AvgIpc) is 3.36. The predicted octanol–water partition coefficient (Wildman–Crippen LogP) is 3.77. The second-order valence-corrected chi connectivity index (χ2v) is 11.7. The molecule has 1 aliphatic carbocycles. The minimum Gasteiger partial charge on any atom is -0.383 e. The third-order valence-electron chi connectivity index (χ3n) is 7.71. The van der Waals surface area contributed by atoms with Gasteiger partial charge < -0.3 is 10.6 Å². The van der Waals surface area contributed by atoms with Crippen LogP contribution in [0, 0.1) is 0 Å². The molecule has 12 heteroatoms. The third-order valence-corrected chi connectivity index (χ3v) is 8.76. The molecular weight excluding hydrogens is 538 g/mol. The highest BCUT2D eigenvalue weighted by molar-refractivity contribution is 7.15. The number of aryl methyl sites for hydroxylation is 1. The van der Waals surface area contributed by atoms with Crippen LogP contribution in [0.3, 0.4) is 0 Å². The van der Waals surface area contributed by atoms with Crippen molar-refractivity contribution >= 4 is 45.1 Å². The van der Waals surface area contributed by atoms with Crippen molar-refractivity contribution in [3.05, 3.63) is 59.4 Å². The lowest BCUT2D eigenvalue weighted by molar-refractivity contribution is -0.125. The molecule has 1 atom stereocenters. The number of nitrogens with one attached hydrogen (secondary N) is 1. The van der Waals surface area contributed by atoms with Gasteiger partial charge in [-0.3, -0.25) is 19.8 Å². The van der Waals surface area contributed by atoms with E-state index in [0.717, 1.165) is 29.8 Å². The molecule has 2 aliphatic rings. The molecule has 0 spiro atoms. The van der Waals surface area contributed by atoms with E-state index < -0.39 is 0 Å². The van der Waals surface area contributed by atoms with Crippen molar-refractivity contribution in [2.75, 3.05) is 37.7 Å². The van der Waals surface area contributed by atoms with Crippen molar-refractivity contribution in [2.45, 2.75) is 44.7 Å². The largest absolute Gasteiger partial charge is 0.383 e. The molecule has 1 saturated carbocycles. The number of carbonyl (C=O) groups is 2. The van der Waals surface area contributed by atoms with Gasteiger partial charge in [0.2, 0.25) is 5.91 Å². The number of carbonyl (C=O) groups excluding carboxylic acids is 2. The zero-order chi connectivity index (χ0) is 28.5. The maximum atomic E-state index is 12.9. The fraction of sp³-hybridized carbons (Fsp3) is 0.379. The Hall–Kier alpha value is -4.16. The van der Waals surface area contributed by atoms with E-state index in [2.05, 4.69) is 39.1 Å². The lowest BCUT2D eigenvalue weighted by atomic mass is 10.1. The lowest BCUT2D eigenvalue weighted by Crippen LogP contribution is -2.28. The predicted molar refractivity (Wildman–Crippen MR) is 160 cm³/mol. The first-order valence-electron chi connectivity index (χ1n) is 13.9. The van der Waals surface area contributed by atoms with Gasteiger partial charge in [-0.15, -0.1) is 11.3 Å². The van der Waals surface area contributed by atoms with E-state index in [1.165, 1.54) is 30.5 Å². The highest BCUT2D eigenvalue weighted by Crippen LogP contribution is 2.34. The van der Waals surface area contributed by atoms with Crippen LogP contribution in [0.2, 0.25) is 0 Å². The van der Waals surface area contributed by atoms with E-state index in [1.807, 2.05) is 27.8 Å². The minimum absolute atomic E-state index is 0.0139.